The Labute approximate surface area is 359 Å². The van der Waals surface area contributed by atoms with Gasteiger partial charge in [-0.25, -0.2) is 0 Å². The molecule has 0 N–H and O–H groups in total. The van der Waals surface area contributed by atoms with E-state index in [-0.39, 0.29) is 35.4 Å². The Morgan fingerprint density at radius 1 is 0.393 bits per heavy atom. The van der Waals surface area contributed by atoms with Gasteiger partial charge in [-0.15, -0.1) is 0 Å². The van der Waals surface area contributed by atoms with Crippen LogP contribution in [0.25, 0.3) is 93.6 Å². The Kier molecular flexibility index (Phi) is 7.24. The van der Waals surface area contributed by atoms with Crippen LogP contribution in [-0.4, -0.2) is 4.57 Å². The first-order valence-electron chi connectivity index (χ1n) is 22.5. The van der Waals surface area contributed by atoms with Gasteiger partial charge < -0.3 is 13.9 Å². The van der Waals surface area contributed by atoms with Crippen molar-refractivity contribution >= 4 is 71.6 Å². The van der Waals surface area contributed by atoms with E-state index >= 15 is 0 Å². The van der Waals surface area contributed by atoms with Crippen molar-refractivity contribution in [3.8, 4) is 39.1 Å². The summed E-state index contributed by atoms with van der Waals surface area (Å²) in [5.74, 6) is 0. The molecular weight excluding hydrogens is 741 g/mol. The third-order valence-electron chi connectivity index (χ3n) is 11.8. The molecular formula is C58H38N2O. The lowest BCUT2D eigenvalue weighted by Gasteiger charge is -2.28. The molecule has 0 aliphatic heterocycles. The van der Waals surface area contributed by atoms with Crippen LogP contribution in [0.5, 0.6) is 0 Å². The van der Waals surface area contributed by atoms with Crippen molar-refractivity contribution in [3.63, 3.8) is 0 Å². The van der Waals surface area contributed by atoms with E-state index in [2.05, 4.69) is 77.4 Å². The lowest BCUT2D eigenvalue weighted by molar-refractivity contribution is 0.669. The summed E-state index contributed by atoms with van der Waals surface area (Å²) in [6.45, 7) is 0. The second kappa shape index (κ2) is 14.3. The minimum atomic E-state index is -0.149. The van der Waals surface area contributed by atoms with Crippen LogP contribution in [0.3, 0.4) is 0 Å². The highest BCUT2D eigenvalue weighted by atomic mass is 16.3. The number of hydrogen-bond acceptors (Lipinski definition) is 2. The molecule has 10 aromatic carbocycles. The molecule has 0 saturated heterocycles. The quantitative estimate of drug-likeness (QED) is 0.161. The lowest BCUT2D eigenvalue weighted by Crippen LogP contribution is -2.11. The van der Waals surface area contributed by atoms with Gasteiger partial charge in [0.15, 0.2) is 0 Å². The van der Waals surface area contributed by atoms with E-state index in [0.29, 0.717) is 16.9 Å². The molecule has 12 aromatic rings. The fourth-order valence-corrected chi connectivity index (χ4v) is 9.02. The molecule has 12 rings (SSSR count). The smallest absolute Gasteiger partial charge is 0.136 e. The first-order valence-corrected chi connectivity index (χ1v) is 20.5. The normalized spacial score (nSPS) is 12.5. The third kappa shape index (κ3) is 5.90. The average Bonchev–Trinajstić information content (AvgIpc) is 3.90. The van der Waals surface area contributed by atoms with Gasteiger partial charge in [-0.3, -0.25) is 0 Å². The summed E-state index contributed by atoms with van der Waals surface area (Å²) < 4.78 is 47.8. The van der Waals surface area contributed by atoms with Crippen LogP contribution in [0, 0.1) is 0 Å². The summed E-state index contributed by atoms with van der Waals surface area (Å²) >= 11 is 0. The van der Waals surface area contributed by atoms with Gasteiger partial charge in [0.2, 0.25) is 0 Å². The van der Waals surface area contributed by atoms with Crippen molar-refractivity contribution < 1.29 is 9.90 Å². The lowest BCUT2D eigenvalue weighted by atomic mass is 9.96. The molecule has 0 bridgehead atoms. The van der Waals surface area contributed by atoms with Crippen molar-refractivity contribution in [3.05, 3.63) is 230 Å². The summed E-state index contributed by atoms with van der Waals surface area (Å²) in [6, 6.07) is 68.7. The van der Waals surface area contributed by atoms with Gasteiger partial charge in [-0.05, 0) is 111 Å². The molecule has 2 heterocycles. The van der Waals surface area contributed by atoms with Crippen LogP contribution in [0.1, 0.15) is 5.48 Å². The molecule has 3 heteroatoms. The Hall–Kier alpha value is -8.14. The van der Waals surface area contributed by atoms with E-state index in [9.17, 15) is 5.48 Å². The van der Waals surface area contributed by atoms with Crippen molar-refractivity contribution in [2.45, 2.75) is 0 Å². The Morgan fingerprint density at radius 2 is 1.00 bits per heavy atom. The van der Waals surface area contributed by atoms with Crippen molar-refractivity contribution in [1.82, 2.24) is 4.57 Å². The van der Waals surface area contributed by atoms with Crippen LogP contribution in [0.15, 0.2) is 235 Å². The zero-order valence-corrected chi connectivity index (χ0v) is 32.9. The van der Waals surface area contributed by atoms with Crippen molar-refractivity contribution in [2.24, 2.45) is 0 Å². The number of benzene rings is 10. The minimum absolute atomic E-state index is 0.126. The Morgan fingerprint density at radius 3 is 1.77 bits per heavy atom. The molecule has 0 unspecified atom stereocenters. The van der Waals surface area contributed by atoms with E-state index < -0.39 is 0 Å². The van der Waals surface area contributed by atoms with E-state index in [1.807, 2.05) is 138 Å². The van der Waals surface area contributed by atoms with Crippen LogP contribution >= 0.6 is 0 Å². The van der Waals surface area contributed by atoms with Gasteiger partial charge in [-0.1, -0.05) is 158 Å². The van der Waals surface area contributed by atoms with Crippen LogP contribution < -0.4 is 4.90 Å². The fourth-order valence-electron chi connectivity index (χ4n) is 9.02. The van der Waals surface area contributed by atoms with Crippen LogP contribution in [0.4, 0.5) is 17.1 Å². The second-order valence-electron chi connectivity index (χ2n) is 15.4. The molecule has 0 aliphatic rings. The minimum Gasteiger partial charge on any atom is -0.456 e. The largest absolute Gasteiger partial charge is 0.456 e. The summed E-state index contributed by atoms with van der Waals surface area (Å²) in [7, 11) is 0. The molecule has 0 fully saturated rings. The van der Waals surface area contributed by atoms with Gasteiger partial charge in [0, 0.05) is 44.2 Å². The highest BCUT2D eigenvalue weighted by Gasteiger charge is 2.21. The van der Waals surface area contributed by atoms with Crippen LogP contribution in [-0.2, 0) is 0 Å². The predicted molar refractivity (Wildman–Crippen MR) is 257 cm³/mol. The first-order chi connectivity index (χ1) is 31.9. The van der Waals surface area contributed by atoms with Gasteiger partial charge in [0.05, 0.1) is 22.2 Å². The van der Waals surface area contributed by atoms with Gasteiger partial charge in [0.1, 0.15) is 11.2 Å². The molecule has 0 atom stereocenters. The first kappa shape index (κ1) is 30.9. The number of aromatic nitrogens is 1. The standard InChI is InChI=1S/C58H38N2O/c1-2-14-39(15-3-1)40-28-32-45(33-29-40)59(53-24-9-8-22-50(53)51-23-13-27-56-58(51)52-37-43-16-4-5-17-44(43)38-57(52)61-56)46-34-30-41(31-35-46)42-18-12-19-47(36-42)60-54-25-10-6-20-48(54)49-21-7-11-26-55(49)60/h1-38H/i30D,31D,34D,35D. The number of anilines is 3. The molecule has 286 valence electrons. The zero-order chi connectivity index (χ0) is 43.8. The summed E-state index contributed by atoms with van der Waals surface area (Å²) in [5, 5.41) is 6.40. The molecule has 3 nitrogen and oxygen atoms in total. The molecule has 0 aliphatic carbocycles. The highest BCUT2D eigenvalue weighted by molar-refractivity contribution is 6.16. The maximum atomic E-state index is 9.85. The van der Waals surface area contributed by atoms with E-state index in [0.717, 1.165) is 82.5 Å². The SMILES string of the molecule is [2H]c1c([2H])c(N(c2ccc(-c3ccccc3)cc2)c2ccccc2-c2cccc3oc4cc5ccccc5cc4c23)c([2H])c([2H])c1-c1cccc(-n2c3ccccc3c3ccccc32)c1. The molecule has 2 aromatic heterocycles. The number of hydrogen-bond donors (Lipinski definition) is 0. The van der Waals surface area contributed by atoms with Gasteiger partial charge >= 0.3 is 0 Å². The van der Waals surface area contributed by atoms with Crippen molar-refractivity contribution in [1.29, 1.82) is 0 Å². The molecule has 0 saturated carbocycles. The third-order valence-corrected chi connectivity index (χ3v) is 11.8. The summed E-state index contributed by atoms with van der Waals surface area (Å²) in [6.07, 6.45) is 0. The maximum absolute atomic E-state index is 9.85. The van der Waals surface area contributed by atoms with E-state index in [1.165, 1.54) is 0 Å². The monoisotopic (exact) mass is 782 g/mol. The molecule has 0 spiro atoms. The average molecular weight is 783 g/mol. The number of nitrogens with zero attached hydrogens (tertiary/aromatic N) is 2. The summed E-state index contributed by atoms with van der Waals surface area (Å²) in [5.41, 5.74) is 10.7. The van der Waals surface area contributed by atoms with E-state index in [1.54, 1.807) is 0 Å². The van der Waals surface area contributed by atoms with Crippen molar-refractivity contribution in [2.75, 3.05) is 4.90 Å². The second-order valence-corrected chi connectivity index (χ2v) is 15.4. The topological polar surface area (TPSA) is 21.3 Å². The molecule has 0 radical (unpaired) electrons. The number of rotatable bonds is 7. The molecule has 0 amide bonds. The number of fused-ring (bicyclic) bond motifs is 7. The maximum Gasteiger partial charge on any atom is 0.136 e. The Balaban J connectivity index is 1.06. The fraction of sp³-hybridized carbons (Fsp3) is 0. The molecule has 61 heavy (non-hydrogen) atoms. The summed E-state index contributed by atoms with van der Waals surface area (Å²) in [4.78, 5) is 1.89. The predicted octanol–water partition coefficient (Wildman–Crippen LogP) is 16.3. The Bertz CT molecular complexity index is 3750. The van der Waals surface area contributed by atoms with E-state index in [4.69, 9.17) is 4.42 Å². The highest BCUT2D eigenvalue weighted by Crippen LogP contribution is 2.46. The van der Waals surface area contributed by atoms with Crippen LogP contribution in [0.2, 0.25) is 0 Å². The van der Waals surface area contributed by atoms with Gasteiger partial charge in [0.25, 0.3) is 0 Å². The number of para-hydroxylation sites is 3. The number of furan rings is 1. The zero-order valence-electron chi connectivity index (χ0n) is 36.9. The van der Waals surface area contributed by atoms with Gasteiger partial charge in [-0.2, -0.15) is 0 Å².